The molecule has 3 rings (SSSR count). The van der Waals surface area contributed by atoms with E-state index in [1.54, 1.807) is 0 Å². The van der Waals surface area contributed by atoms with Crippen molar-refractivity contribution in [3.05, 3.63) is 0 Å². The molecule has 3 nitrogen and oxygen atoms in total. The number of hydrogen-bond acceptors (Lipinski definition) is 3. The minimum absolute atomic E-state index is 0.696. The topological polar surface area (TPSA) is 15.7 Å². The van der Waals surface area contributed by atoms with Crippen LogP contribution in [0.15, 0.2) is 0 Å². The summed E-state index contributed by atoms with van der Waals surface area (Å²) in [5.41, 5.74) is 0. The summed E-state index contributed by atoms with van der Waals surface area (Å²) in [5, 5.41) is 0. The van der Waals surface area contributed by atoms with Crippen molar-refractivity contribution in [1.82, 2.24) is 9.80 Å². The molecule has 3 fully saturated rings. The molecule has 0 bridgehead atoms. The highest BCUT2D eigenvalue weighted by atomic mass is 16.5. The van der Waals surface area contributed by atoms with Crippen molar-refractivity contribution in [1.29, 1.82) is 0 Å². The largest absolute Gasteiger partial charge is 0.380 e. The van der Waals surface area contributed by atoms with E-state index < -0.39 is 0 Å². The molecule has 0 amide bonds. The van der Waals surface area contributed by atoms with Gasteiger partial charge >= 0.3 is 0 Å². The second kappa shape index (κ2) is 5.48. The van der Waals surface area contributed by atoms with Gasteiger partial charge in [0.25, 0.3) is 0 Å². The minimum atomic E-state index is 0.696. The van der Waals surface area contributed by atoms with E-state index in [9.17, 15) is 0 Å². The molecule has 0 aromatic carbocycles. The summed E-state index contributed by atoms with van der Waals surface area (Å²) in [6.07, 6.45) is 5.50. The molecule has 0 aromatic rings. The fourth-order valence-corrected chi connectivity index (χ4v) is 4.03. The average molecular weight is 252 g/mol. The van der Waals surface area contributed by atoms with E-state index >= 15 is 0 Å². The molecule has 104 valence electrons. The van der Waals surface area contributed by atoms with Crippen molar-refractivity contribution in [2.45, 2.75) is 57.7 Å². The Kier molecular flexibility index (Phi) is 3.92. The Morgan fingerprint density at radius 3 is 2.67 bits per heavy atom. The van der Waals surface area contributed by atoms with Gasteiger partial charge in [0.15, 0.2) is 0 Å². The Morgan fingerprint density at radius 2 is 1.94 bits per heavy atom. The highest BCUT2D eigenvalue weighted by Crippen LogP contribution is 2.30. The lowest BCUT2D eigenvalue weighted by atomic mass is 9.90. The Labute approximate surface area is 111 Å². The van der Waals surface area contributed by atoms with Gasteiger partial charge in [-0.1, -0.05) is 20.3 Å². The van der Waals surface area contributed by atoms with Crippen molar-refractivity contribution >= 4 is 0 Å². The van der Waals surface area contributed by atoms with Gasteiger partial charge in [0.05, 0.1) is 6.61 Å². The Balaban J connectivity index is 1.72. The molecular weight excluding hydrogens is 224 g/mol. The molecule has 0 N–H and O–H groups in total. The maximum absolute atomic E-state index is 5.62. The van der Waals surface area contributed by atoms with Crippen LogP contribution in [0.5, 0.6) is 0 Å². The van der Waals surface area contributed by atoms with Crippen LogP contribution in [0.1, 0.15) is 39.5 Å². The summed E-state index contributed by atoms with van der Waals surface area (Å²) in [7, 11) is 0. The van der Waals surface area contributed by atoms with Crippen molar-refractivity contribution in [3.63, 3.8) is 0 Å². The third-order valence-corrected chi connectivity index (χ3v) is 5.16. The van der Waals surface area contributed by atoms with E-state index in [1.165, 1.54) is 45.3 Å². The number of piperidine rings is 1. The zero-order valence-electron chi connectivity index (χ0n) is 12.0. The van der Waals surface area contributed by atoms with Crippen molar-refractivity contribution in [2.75, 3.05) is 32.8 Å². The molecule has 3 aliphatic rings. The number of fused-ring (bicyclic) bond motifs is 1. The van der Waals surface area contributed by atoms with E-state index in [0.29, 0.717) is 6.04 Å². The third kappa shape index (κ3) is 2.45. The molecule has 3 saturated heterocycles. The maximum atomic E-state index is 5.62. The molecule has 18 heavy (non-hydrogen) atoms. The van der Waals surface area contributed by atoms with Crippen LogP contribution in [0.3, 0.4) is 0 Å². The average Bonchev–Trinajstić information content (AvgIpc) is 2.91. The molecule has 3 aliphatic heterocycles. The number of nitrogens with zero attached hydrogens (tertiary/aromatic N) is 2. The van der Waals surface area contributed by atoms with E-state index in [2.05, 4.69) is 23.6 Å². The monoisotopic (exact) mass is 252 g/mol. The van der Waals surface area contributed by atoms with Crippen LogP contribution in [0, 0.1) is 5.92 Å². The number of hydrogen-bond donors (Lipinski definition) is 0. The standard InChI is InChI=1S/C15H28N2O/c1-12(2)15-10-16-7-4-3-5-13(16)9-17(15)14-6-8-18-11-14/h12-15H,3-11H2,1-2H3. The summed E-state index contributed by atoms with van der Waals surface area (Å²) in [5.74, 6) is 0.758. The quantitative estimate of drug-likeness (QED) is 0.747. The summed E-state index contributed by atoms with van der Waals surface area (Å²) >= 11 is 0. The predicted octanol–water partition coefficient (Wildman–Crippen LogP) is 1.97. The van der Waals surface area contributed by atoms with Gasteiger partial charge in [-0.2, -0.15) is 0 Å². The van der Waals surface area contributed by atoms with Crippen LogP contribution in [-0.4, -0.2) is 60.8 Å². The Morgan fingerprint density at radius 1 is 1.06 bits per heavy atom. The first kappa shape index (κ1) is 12.9. The predicted molar refractivity (Wildman–Crippen MR) is 73.8 cm³/mol. The van der Waals surface area contributed by atoms with Crippen LogP contribution in [0.25, 0.3) is 0 Å². The molecular formula is C15H28N2O. The minimum Gasteiger partial charge on any atom is -0.380 e. The second-order valence-electron chi connectivity index (χ2n) is 6.67. The molecule has 0 saturated carbocycles. The molecule has 0 spiro atoms. The summed E-state index contributed by atoms with van der Waals surface area (Å²) in [6.45, 7) is 10.6. The first-order valence-electron chi connectivity index (χ1n) is 7.83. The van der Waals surface area contributed by atoms with Gasteiger partial charge in [-0.25, -0.2) is 0 Å². The van der Waals surface area contributed by atoms with Crippen LogP contribution >= 0.6 is 0 Å². The highest BCUT2D eigenvalue weighted by molar-refractivity contribution is 4.95. The second-order valence-corrected chi connectivity index (χ2v) is 6.67. The van der Waals surface area contributed by atoms with E-state index in [-0.39, 0.29) is 0 Å². The Hall–Kier alpha value is -0.120. The number of piperazine rings is 1. The lowest BCUT2D eigenvalue weighted by Crippen LogP contribution is -2.63. The van der Waals surface area contributed by atoms with Crippen molar-refractivity contribution in [3.8, 4) is 0 Å². The van der Waals surface area contributed by atoms with E-state index in [1.807, 2.05) is 0 Å². The highest BCUT2D eigenvalue weighted by Gasteiger charge is 2.39. The normalized spacial score (nSPS) is 39.2. The summed E-state index contributed by atoms with van der Waals surface area (Å²) in [6, 6.07) is 2.27. The van der Waals surface area contributed by atoms with Gasteiger partial charge in [0.1, 0.15) is 0 Å². The molecule has 3 unspecified atom stereocenters. The van der Waals surface area contributed by atoms with Crippen LogP contribution in [0.2, 0.25) is 0 Å². The molecule has 3 atom stereocenters. The third-order valence-electron chi connectivity index (χ3n) is 5.16. The van der Waals surface area contributed by atoms with Gasteiger partial charge in [-0.3, -0.25) is 9.80 Å². The van der Waals surface area contributed by atoms with Crippen LogP contribution in [0.4, 0.5) is 0 Å². The Bertz CT molecular complexity index is 276. The lowest BCUT2D eigenvalue weighted by Gasteiger charge is -2.51. The zero-order valence-corrected chi connectivity index (χ0v) is 12.0. The van der Waals surface area contributed by atoms with Crippen molar-refractivity contribution in [2.24, 2.45) is 5.92 Å². The molecule has 0 aliphatic carbocycles. The first-order chi connectivity index (χ1) is 8.75. The van der Waals surface area contributed by atoms with Crippen molar-refractivity contribution < 1.29 is 4.74 Å². The van der Waals surface area contributed by atoms with Gasteiger partial charge < -0.3 is 4.74 Å². The van der Waals surface area contributed by atoms with Gasteiger partial charge in [0.2, 0.25) is 0 Å². The van der Waals surface area contributed by atoms with Gasteiger partial charge in [-0.05, 0) is 31.7 Å². The number of ether oxygens (including phenoxy) is 1. The van der Waals surface area contributed by atoms with E-state index in [0.717, 1.165) is 31.2 Å². The molecule has 0 radical (unpaired) electrons. The van der Waals surface area contributed by atoms with Gasteiger partial charge in [0, 0.05) is 37.8 Å². The molecule has 3 heterocycles. The molecule has 3 heteroatoms. The summed E-state index contributed by atoms with van der Waals surface area (Å²) < 4.78 is 5.62. The number of rotatable bonds is 2. The fraction of sp³-hybridized carbons (Fsp3) is 1.00. The lowest BCUT2D eigenvalue weighted by molar-refractivity contribution is -0.0313. The van der Waals surface area contributed by atoms with E-state index in [4.69, 9.17) is 4.74 Å². The molecule has 0 aromatic heterocycles. The SMILES string of the molecule is CC(C)C1CN2CCCCC2CN1C1CCOC1. The first-order valence-corrected chi connectivity index (χ1v) is 7.83. The fourth-order valence-electron chi connectivity index (χ4n) is 4.03. The maximum Gasteiger partial charge on any atom is 0.0622 e. The summed E-state index contributed by atoms with van der Waals surface area (Å²) in [4.78, 5) is 5.56. The van der Waals surface area contributed by atoms with Crippen LogP contribution in [-0.2, 0) is 4.74 Å². The van der Waals surface area contributed by atoms with Gasteiger partial charge in [-0.15, -0.1) is 0 Å². The zero-order chi connectivity index (χ0) is 12.5. The van der Waals surface area contributed by atoms with Crippen LogP contribution < -0.4 is 0 Å². The smallest absolute Gasteiger partial charge is 0.0622 e.